The number of rotatable bonds is 9. The molecule has 234 valence electrons. The molecule has 1 aliphatic heterocycles. The molecule has 0 bridgehead atoms. The average Bonchev–Trinajstić information content (AvgIpc) is 3.40. The maximum Gasteiger partial charge on any atom is 0.251 e. The molecule has 5 aromatic rings. The molecule has 2 aromatic carbocycles. The first-order valence-corrected chi connectivity index (χ1v) is 16.9. The summed E-state index contributed by atoms with van der Waals surface area (Å²) < 4.78 is 36.0. The highest BCUT2D eigenvalue weighted by Gasteiger charge is 2.24. The van der Waals surface area contributed by atoms with Crippen molar-refractivity contribution < 1.29 is 13.2 Å². The predicted molar refractivity (Wildman–Crippen MR) is 180 cm³/mol. The molecule has 45 heavy (non-hydrogen) atoms. The van der Waals surface area contributed by atoms with Crippen molar-refractivity contribution in [2.45, 2.75) is 11.8 Å². The van der Waals surface area contributed by atoms with Gasteiger partial charge < -0.3 is 19.1 Å². The van der Waals surface area contributed by atoms with Gasteiger partial charge in [-0.3, -0.25) is 4.79 Å². The van der Waals surface area contributed by atoms with Crippen LogP contribution < -0.4 is 10.5 Å². The second-order valence-electron chi connectivity index (χ2n) is 11.4. The summed E-state index contributed by atoms with van der Waals surface area (Å²) in [4.78, 5) is 22.6. The summed E-state index contributed by atoms with van der Waals surface area (Å²) in [5.41, 5.74) is 3.58. The minimum absolute atomic E-state index is 0.194. The molecule has 1 unspecified atom stereocenters. The smallest absolute Gasteiger partial charge is 0.251 e. The zero-order chi connectivity index (χ0) is 31.7. The van der Waals surface area contributed by atoms with E-state index in [4.69, 9.17) is 27.9 Å². The van der Waals surface area contributed by atoms with Gasteiger partial charge in [0.05, 0.1) is 36.9 Å². The van der Waals surface area contributed by atoms with Crippen LogP contribution in [0.4, 0.5) is 5.69 Å². The molecule has 9 nitrogen and oxygen atoms in total. The maximum absolute atomic E-state index is 13.8. The maximum atomic E-state index is 13.8. The number of halogens is 2. The van der Waals surface area contributed by atoms with Gasteiger partial charge in [0, 0.05) is 59.1 Å². The quantitative estimate of drug-likeness (QED) is 0.204. The number of fused-ring (bicyclic) bond motifs is 1. The van der Waals surface area contributed by atoms with Crippen molar-refractivity contribution in [2.24, 2.45) is 0 Å². The van der Waals surface area contributed by atoms with Gasteiger partial charge in [-0.25, -0.2) is 17.4 Å². The Hall–Kier alpha value is -3.67. The van der Waals surface area contributed by atoms with E-state index in [0.717, 1.165) is 11.3 Å². The Bertz CT molecular complexity index is 1980. The first-order valence-electron chi connectivity index (χ1n) is 14.5. The second-order valence-corrected chi connectivity index (χ2v) is 14.1. The van der Waals surface area contributed by atoms with Crippen LogP contribution in [0, 0.1) is 0 Å². The summed E-state index contributed by atoms with van der Waals surface area (Å²) in [6, 6.07) is 19.3. The van der Waals surface area contributed by atoms with E-state index in [-0.39, 0.29) is 17.4 Å². The SMILES string of the molecule is CN(C)CC(c1cc(Cl)cc(Cl)c1)n1ccc(-c2cn(S(=O)(=O)Cc3ccccc3)c3ncc(N4CCOCC4)cc23)cc1=O. The van der Waals surface area contributed by atoms with Gasteiger partial charge in [0.25, 0.3) is 5.56 Å². The number of nitrogens with zero attached hydrogens (tertiary/aromatic N) is 5. The van der Waals surface area contributed by atoms with Crippen molar-refractivity contribution >= 4 is 49.9 Å². The average molecular weight is 667 g/mol. The van der Waals surface area contributed by atoms with Crippen molar-refractivity contribution in [1.29, 1.82) is 0 Å². The van der Waals surface area contributed by atoms with E-state index in [1.54, 1.807) is 47.4 Å². The number of morpholine rings is 1. The number of hydrogen-bond acceptors (Lipinski definition) is 7. The van der Waals surface area contributed by atoms with E-state index in [2.05, 4.69) is 9.88 Å². The minimum Gasteiger partial charge on any atom is -0.378 e. The fourth-order valence-corrected chi connectivity index (χ4v) is 7.71. The van der Waals surface area contributed by atoms with Gasteiger partial charge in [0.2, 0.25) is 10.0 Å². The summed E-state index contributed by atoms with van der Waals surface area (Å²) in [5, 5.41) is 1.61. The molecule has 4 heterocycles. The third-order valence-corrected chi connectivity index (χ3v) is 9.88. The zero-order valence-electron chi connectivity index (χ0n) is 24.9. The van der Waals surface area contributed by atoms with Gasteiger partial charge in [-0.1, -0.05) is 53.5 Å². The highest BCUT2D eigenvalue weighted by Crippen LogP contribution is 2.34. The minimum atomic E-state index is -3.85. The lowest BCUT2D eigenvalue weighted by Gasteiger charge is -2.28. The van der Waals surface area contributed by atoms with Crippen molar-refractivity contribution in [3.8, 4) is 11.1 Å². The molecule has 12 heteroatoms. The normalized spacial score (nSPS) is 14.7. The fraction of sp³-hybridized carbons (Fsp3) is 0.273. The van der Waals surface area contributed by atoms with Crippen LogP contribution in [-0.2, 0) is 20.5 Å². The van der Waals surface area contributed by atoms with E-state index in [1.807, 2.05) is 61.5 Å². The van der Waals surface area contributed by atoms with E-state index >= 15 is 0 Å². The van der Waals surface area contributed by atoms with E-state index in [9.17, 15) is 13.2 Å². The summed E-state index contributed by atoms with van der Waals surface area (Å²) in [6.07, 6.45) is 5.01. The zero-order valence-corrected chi connectivity index (χ0v) is 27.3. The molecule has 0 amide bonds. The number of likely N-dealkylation sites (N-methyl/N-ethyl adjacent to an activating group) is 1. The highest BCUT2D eigenvalue weighted by atomic mass is 35.5. The molecule has 0 spiro atoms. The van der Waals surface area contributed by atoms with E-state index < -0.39 is 10.0 Å². The van der Waals surface area contributed by atoms with Crippen LogP contribution in [0.25, 0.3) is 22.2 Å². The summed E-state index contributed by atoms with van der Waals surface area (Å²) >= 11 is 12.6. The summed E-state index contributed by atoms with van der Waals surface area (Å²) in [7, 11) is 0.0183. The monoisotopic (exact) mass is 665 g/mol. The van der Waals surface area contributed by atoms with Gasteiger partial charge in [0.15, 0.2) is 5.65 Å². The fourth-order valence-electron chi connectivity index (χ4n) is 5.74. The molecule has 1 aliphatic rings. The number of benzene rings is 2. The third-order valence-electron chi connectivity index (χ3n) is 7.87. The highest BCUT2D eigenvalue weighted by molar-refractivity contribution is 7.89. The molecule has 0 radical (unpaired) electrons. The predicted octanol–water partition coefficient (Wildman–Crippen LogP) is 5.54. The van der Waals surface area contributed by atoms with Gasteiger partial charge in [-0.2, -0.15) is 0 Å². The Morgan fingerprint density at radius 3 is 2.36 bits per heavy atom. The Morgan fingerprint density at radius 2 is 1.69 bits per heavy atom. The van der Waals surface area contributed by atoms with Crippen LogP contribution in [0.1, 0.15) is 17.2 Å². The molecule has 0 aliphatic carbocycles. The topological polar surface area (TPSA) is 89.7 Å². The Balaban J connectivity index is 1.47. The van der Waals surface area contributed by atoms with Gasteiger partial charge >= 0.3 is 0 Å². The lowest BCUT2D eigenvalue weighted by molar-refractivity contribution is 0.122. The first kappa shape index (κ1) is 31.3. The standard InChI is InChI=1S/C33H33Cl2N5O4S/c1-37(2)21-31(25-14-26(34)17-27(35)15-25)39-9-8-24(16-32(39)41)30-20-40(45(42,43)22-23-6-4-3-5-7-23)33-29(30)18-28(19-36-33)38-10-12-44-13-11-38/h3-9,14-20,31H,10-13,21-22H2,1-2H3. The van der Waals surface area contributed by atoms with Crippen LogP contribution in [0.2, 0.25) is 10.0 Å². The summed E-state index contributed by atoms with van der Waals surface area (Å²) in [6.45, 7) is 3.13. The van der Waals surface area contributed by atoms with Crippen molar-refractivity contribution in [3.63, 3.8) is 0 Å². The third kappa shape index (κ3) is 6.80. The van der Waals surface area contributed by atoms with Gasteiger partial charge in [-0.05, 0) is 61.1 Å². The Morgan fingerprint density at radius 1 is 0.978 bits per heavy atom. The Kier molecular flexibility index (Phi) is 9.03. The van der Waals surface area contributed by atoms with E-state index in [1.165, 1.54) is 3.97 Å². The molecule has 1 saturated heterocycles. The summed E-state index contributed by atoms with van der Waals surface area (Å²) in [5.74, 6) is -0.194. The Labute approximate surface area is 272 Å². The number of ether oxygens (including phenoxy) is 1. The van der Waals surface area contributed by atoms with Crippen molar-refractivity contribution in [2.75, 3.05) is 51.8 Å². The van der Waals surface area contributed by atoms with Crippen LogP contribution >= 0.6 is 23.2 Å². The molecule has 3 aromatic heterocycles. The number of pyridine rings is 2. The van der Waals surface area contributed by atoms with Crippen LogP contribution in [0.5, 0.6) is 0 Å². The van der Waals surface area contributed by atoms with Gasteiger partial charge in [-0.15, -0.1) is 0 Å². The molecular formula is C33H33Cl2N5O4S. The molecule has 0 saturated carbocycles. The molecule has 1 atom stereocenters. The molecule has 0 N–H and O–H groups in total. The molecular weight excluding hydrogens is 633 g/mol. The lowest BCUT2D eigenvalue weighted by Crippen LogP contribution is -2.36. The van der Waals surface area contributed by atoms with Crippen LogP contribution in [0.3, 0.4) is 0 Å². The largest absolute Gasteiger partial charge is 0.378 e. The second kappa shape index (κ2) is 13.0. The number of hydrogen-bond donors (Lipinski definition) is 0. The number of aromatic nitrogens is 3. The van der Waals surface area contributed by atoms with Crippen LogP contribution in [-0.4, -0.2) is 73.8 Å². The first-order chi connectivity index (χ1) is 21.6. The molecule has 1 fully saturated rings. The van der Waals surface area contributed by atoms with Crippen molar-refractivity contribution in [1.82, 2.24) is 18.4 Å². The number of anilines is 1. The van der Waals surface area contributed by atoms with Gasteiger partial charge in [0.1, 0.15) is 0 Å². The molecule has 6 rings (SSSR count). The van der Waals surface area contributed by atoms with E-state index in [0.29, 0.717) is 70.6 Å². The van der Waals surface area contributed by atoms with Crippen molar-refractivity contribution in [3.05, 3.63) is 117 Å². The lowest BCUT2D eigenvalue weighted by atomic mass is 10.0. The van der Waals surface area contributed by atoms with Crippen LogP contribution in [0.15, 0.2) is 90.1 Å².